The van der Waals surface area contributed by atoms with E-state index < -0.39 is 24.1 Å². The van der Waals surface area contributed by atoms with Gasteiger partial charge in [-0.3, -0.25) is 9.41 Å². The minimum absolute atomic E-state index is 0. The third-order valence-electron chi connectivity index (χ3n) is 0.730. The monoisotopic (exact) mass is 248 g/mol. The van der Waals surface area contributed by atoms with E-state index in [9.17, 15) is 0 Å². The third-order valence-corrected chi connectivity index (χ3v) is 2.31. The van der Waals surface area contributed by atoms with E-state index in [0.717, 1.165) is 26.1 Å². The maximum Gasteiger partial charge on any atom is -0.269 e. The molecule has 0 rings (SSSR count). The normalized spacial score (nSPS) is 7.82. The quantitative estimate of drug-likeness (QED) is 0.671. The van der Waals surface area contributed by atoms with Crippen molar-refractivity contribution in [1.29, 1.82) is 0 Å². The van der Waals surface area contributed by atoms with Crippen LogP contribution in [-0.2, 0) is 29.7 Å². The topological polar surface area (TPSA) is 18.5 Å². The Labute approximate surface area is 79.2 Å². The molecule has 0 aromatic carbocycles. The Balaban J connectivity index is -0.000000320. The van der Waals surface area contributed by atoms with Gasteiger partial charge in [0.05, 0.1) is 0 Å². The molecule has 0 spiro atoms. The van der Waals surface area contributed by atoms with Crippen LogP contribution in [0.3, 0.4) is 0 Å². The Kier molecular flexibility index (Phi) is 27.2. The van der Waals surface area contributed by atoms with Gasteiger partial charge < -0.3 is 0 Å². The van der Waals surface area contributed by atoms with Crippen molar-refractivity contribution in [2.75, 3.05) is 13.2 Å². The van der Waals surface area contributed by atoms with Gasteiger partial charge in [0.1, 0.15) is 0 Å². The van der Waals surface area contributed by atoms with Crippen LogP contribution in [0.4, 0.5) is 9.41 Å². The van der Waals surface area contributed by atoms with E-state index in [4.69, 9.17) is 5.63 Å². The second kappa shape index (κ2) is 17.0. The first-order valence-corrected chi connectivity index (χ1v) is 5.41. The van der Waals surface area contributed by atoms with Gasteiger partial charge in [-0.1, -0.05) is 0 Å². The minimum Gasteiger partial charge on any atom is -0.269 e. The summed E-state index contributed by atoms with van der Waals surface area (Å²) in [5.41, 5.74) is 0. The molecule has 0 amide bonds. The molecule has 5 heteroatoms. The molecule has 0 aliphatic heterocycles. The van der Waals surface area contributed by atoms with Gasteiger partial charge in [0, 0.05) is 0 Å². The van der Waals surface area contributed by atoms with Crippen LogP contribution in [-0.4, -0.2) is 13.2 Å². The van der Waals surface area contributed by atoms with E-state index in [-0.39, 0.29) is 9.41 Å². The van der Waals surface area contributed by atoms with Crippen LogP contribution in [0.5, 0.6) is 0 Å². The van der Waals surface area contributed by atoms with Gasteiger partial charge in [0.25, 0.3) is 0 Å². The van der Waals surface area contributed by atoms with E-state index in [1.54, 1.807) is 0 Å². The molecule has 0 aliphatic carbocycles. The molecule has 0 saturated heterocycles. The van der Waals surface area contributed by atoms with E-state index >= 15 is 0 Å². The molecule has 0 aromatic rings. The molecule has 0 atom stereocenters. The summed E-state index contributed by atoms with van der Waals surface area (Å²) in [6, 6.07) is 0. The predicted molar refractivity (Wildman–Crippen MR) is 37.5 cm³/mol. The summed E-state index contributed by atoms with van der Waals surface area (Å²) < 4.78 is 10.5. The van der Waals surface area contributed by atoms with E-state index in [0.29, 0.717) is 0 Å². The van der Waals surface area contributed by atoms with Crippen molar-refractivity contribution in [1.82, 2.24) is 0 Å². The Hall–Kier alpha value is 0.663. The predicted octanol–water partition coefficient (Wildman–Crippen LogP) is 2.06. The Morgan fingerprint density at radius 2 is 1.27 bits per heavy atom. The molecular formula is C6H16F2O2Zr. The van der Waals surface area contributed by atoms with Crippen molar-refractivity contribution in [3.05, 3.63) is 0 Å². The molecule has 0 fully saturated rings. The van der Waals surface area contributed by atoms with E-state index in [1.165, 1.54) is 0 Å². The summed E-state index contributed by atoms with van der Waals surface area (Å²) in [4.78, 5) is 0. The van der Waals surface area contributed by atoms with Crippen molar-refractivity contribution in [3.8, 4) is 0 Å². The van der Waals surface area contributed by atoms with Crippen molar-refractivity contribution in [2.24, 2.45) is 0 Å². The van der Waals surface area contributed by atoms with Crippen molar-refractivity contribution < 1.29 is 39.2 Å². The van der Waals surface area contributed by atoms with Gasteiger partial charge >= 0.3 is 69.6 Å². The van der Waals surface area contributed by atoms with Crippen LogP contribution in [0.2, 0.25) is 0 Å². The fraction of sp³-hybridized carbons (Fsp3) is 1.00. The van der Waals surface area contributed by atoms with Gasteiger partial charge in [0.15, 0.2) is 0 Å². The zero-order valence-electron chi connectivity index (χ0n) is 6.96. The Bertz CT molecular complexity index is 51.8. The summed E-state index contributed by atoms with van der Waals surface area (Å²) in [5, 5.41) is 0. The summed E-state index contributed by atoms with van der Waals surface area (Å²) in [7, 11) is 0. The van der Waals surface area contributed by atoms with Crippen LogP contribution >= 0.6 is 0 Å². The van der Waals surface area contributed by atoms with Crippen LogP contribution in [0, 0.1) is 0 Å². The maximum absolute atomic E-state index is 5.23. The smallest absolute Gasteiger partial charge is 0.269 e. The molecule has 0 bridgehead atoms. The largest absolute Gasteiger partial charge is 0.269 e. The number of hydrogen-bond acceptors (Lipinski definition) is 2. The van der Waals surface area contributed by atoms with Crippen LogP contribution in [0.25, 0.3) is 0 Å². The molecule has 0 unspecified atom stereocenters. The average molecular weight is 249 g/mol. The van der Waals surface area contributed by atoms with Crippen molar-refractivity contribution >= 4 is 0 Å². The van der Waals surface area contributed by atoms with Gasteiger partial charge in [0.2, 0.25) is 0 Å². The fourth-order valence-corrected chi connectivity index (χ4v) is 1.95. The standard InChI is InChI=1S/2C3H7O.2FH.Zr/c2*1-2-3-4;;;/h2*2-3H2,1H3;2*1H;/q2*-1;;;+2. The fourth-order valence-electron chi connectivity index (χ4n) is 0.329. The molecule has 2 nitrogen and oxygen atoms in total. The minimum atomic E-state index is -0.851. The first-order chi connectivity index (χ1) is 4.41. The summed E-state index contributed by atoms with van der Waals surface area (Å²) in [6.45, 7) is 5.99. The van der Waals surface area contributed by atoms with Crippen LogP contribution < -0.4 is 0 Å². The Morgan fingerprint density at radius 1 is 0.909 bits per heavy atom. The van der Waals surface area contributed by atoms with Gasteiger partial charge in [-0.05, 0) is 0 Å². The maximum atomic E-state index is 5.23. The Morgan fingerprint density at radius 3 is 1.55 bits per heavy atom. The van der Waals surface area contributed by atoms with Crippen molar-refractivity contribution in [3.63, 3.8) is 0 Å². The van der Waals surface area contributed by atoms with Crippen LogP contribution in [0.1, 0.15) is 26.7 Å². The number of rotatable bonds is 6. The molecule has 0 radical (unpaired) electrons. The summed E-state index contributed by atoms with van der Waals surface area (Å²) in [5.74, 6) is 0. The molecule has 0 aromatic heterocycles. The summed E-state index contributed by atoms with van der Waals surface area (Å²) >= 11 is -0.851. The second-order valence-electron chi connectivity index (χ2n) is 1.78. The van der Waals surface area contributed by atoms with Gasteiger partial charge in [-0.25, -0.2) is 0 Å². The summed E-state index contributed by atoms with van der Waals surface area (Å²) in [6.07, 6.45) is 2.21. The van der Waals surface area contributed by atoms with Gasteiger partial charge in [-0.2, -0.15) is 0 Å². The first-order valence-electron chi connectivity index (χ1n) is 3.40. The average Bonchev–Trinajstić information content (AvgIpc) is 1.89. The van der Waals surface area contributed by atoms with E-state index in [2.05, 4.69) is 13.8 Å². The van der Waals surface area contributed by atoms with Gasteiger partial charge in [-0.15, -0.1) is 0 Å². The number of hydrogen-bond donors (Lipinski definition) is 0. The van der Waals surface area contributed by atoms with E-state index in [1.807, 2.05) is 0 Å². The molecule has 0 N–H and O–H groups in total. The molecule has 0 aliphatic rings. The zero-order chi connectivity index (χ0) is 6.95. The SMILES string of the molecule is CCC[O][Zr][O]CCC.F.F. The zero-order valence-corrected chi connectivity index (χ0v) is 9.42. The number of halogens is 2. The molecule has 11 heavy (non-hydrogen) atoms. The first kappa shape index (κ1) is 17.7. The van der Waals surface area contributed by atoms with Crippen molar-refractivity contribution in [2.45, 2.75) is 26.7 Å². The molecule has 70 valence electrons. The molecule has 0 saturated carbocycles. The third kappa shape index (κ3) is 18.0. The molecule has 0 heterocycles. The van der Waals surface area contributed by atoms with Crippen LogP contribution in [0.15, 0.2) is 0 Å². The second-order valence-corrected chi connectivity index (χ2v) is 3.61. The molecular weight excluding hydrogens is 233 g/mol.